The number of quaternary nitrogens is 2. The zero-order valence-corrected chi connectivity index (χ0v) is 8.74. The van der Waals surface area contributed by atoms with Crippen molar-refractivity contribution in [3.8, 4) is 0 Å². The molecule has 0 saturated heterocycles. The van der Waals surface area contributed by atoms with Gasteiger partial charge in [0.05, 0.1) is 0 Å². The van der Waals surface area contributed by atoms with Crippen molar-refractivity contribution in [1.29, 1.82) is 0 Å². The molecule has 0 aliphatic rings. The maximum atomic E-state index is 8.52. The van der Waals surface area contributed by atoms with E-state index in [2.05, 4.69) is 0 Å². The van der Waals surface area contributed by atoms with Crippen molar-refractivity contribution in [2.45, 2.75) is 0 Å². The van der Waals surface area contributed by atoms with E-state index in [0.29, 0.717) is 0 Å². The fraction of sp³-hybridized carbons (Fsp3) is 1.00. The lowest BCUT2D eigenvalue weighted by Gasteiger charge is -2.06. The Balaban J connectivity index is -0.000000174. The van der Waals surface area contributed by atoms with Gasteiger partial charge in [-0.2, -0.15) is 0 Å². The van der Waals surface area contributed by atoms with Crippen LogP contribution in [0.15, 0.2) is 0 Å². The Kier molecular flexibility index (Phi) is 10.9. The lowest BCUT2D eigenvalue weighted by molar-refractivity contribution is -1.37. The maximum absolute atomic E-state index is 8.52. The van der Waals surface area contributed by atoms with Gasteiger partial charge >= 0.3 is 0 Å². The number of aliphatic hydroxyl groups excluding tert-OH is 2. The lowest BCUT2D eigenvalue weighted by Crippen LogP contribution is -2.37. The van der Waals surface area contributed by atoms with E-state index >= 15 is 0 Å². The standard InChI is InChI=1S/2CH6NO4.H2O4S/c2*3-1-2(4,5)6;1-5(2,3)4/h2*3-6H,1H2;(H2,1,2,3,4)/q2*+1;/p-2. The molecule has 0 bridgehead atoms. The molecule has 0 rings (SSSR count). The smallest absolute Gasteiger partial charge is 0.277 e. The van der Waals surface area contributed by atoms with Crippen LogP contribution in [0.25, 0.3) is 0 Å². The molecule has 0 aromatic carbocycles. The average Bonchev–Trinajstić information content (AvgIpc) is 2.00. The summed E-state index contributed by atoms with van der Waals surface area (Å²) in [6, 6.07) is 0. The van der Waals surface area contributed by atoms with Gasteiger partial charge in [0.25, 0.3) is 13.5 Å². The topological polar surface area (TPSA) is 242 Å². The molecule has 0 amide bonds. The molecule has 0 aliphatic heterocycles. The highest BCUT2D eigenvalue weighted by Gasteiger charge is 2.13. The molecule has 0 fully saturated rings. The first-order valence-electron chi connectivity index (χ1n) is 3.13. The minimum atomic E-state index is -5.17. The molecular formula is C2H12N2O12S. The number of hydrogen-bond acceptors (Lipinski definition) is 12. The predicted octanol–water partition coefficient (Wildman–Crippen LogP) is -3.50. The predicted molar refractivity (Wildman–Crippen MR) is 35.9 cm³/mol. The van der Waals surface area contributed by atoms with E-state index in [9.17, 15) is 0 Å². The van der Waals surface area contributed by atoms with Crippen molar-refractivity contribution in [2.24, 2.45) is 0 Å². The van der Waals surface area contributed by atoms with Crippen LogP contribution in [0.2, 0.25) is 0 Å². The van der Waals surface area contributed by atoms with Gasteiger partial charge in [-0.05, 0) is 0 Å². The molecule has 8 N–H and O–H groups in total. The van der Waals surface area contributed by atoms with Crippen LogP contribution in [-0.4, -0.2) is 82.4 Å². The van der Waals surface area contributed by atoms with Crippen molar-refractivity contribution >= 4 is 10.4 Å². The van der Waals surface area contributed by atoms with Crippen molar-refractivity contribution in [3.63, 3.8) is 0 Å². The van der Waals surface area contributed by atoms with E-state index in [0.717, 1.165) is 0 Å². The molecule has 0 aromatic rings. The van der Waals surface area contributed by atoms with Gasteiger partial charge in [0.2, 0.25) is 0 Å². The first-order chi connectivity index (χ1) is 7.12. The first kappa shape index (κ1) is 21.7. The second kappa shape index (κ2) is 8.54. The zero-order valence-electron chi connectivity index (χ0n) is 7.93. The molecule has 0 radical (unpaired) electrons. The number of hydrogen-bond donors (Lipinski definition) is 8. The summed E-state index contributed by atoms with van der Waals surface area (Å²) < 4.78 is 34.1. The third-order valence-corrected chi connectivity index (χ3v) is 0.379. The van der Waals surface area contributed by atoms with Crippen molar-refractivity contribution in [2.75, 3.05) is 13.5 Å². The fourth-order valence-electron chi connectivity index (χ4n) is 0. The van der Waals surface area contributed by atoms with Gasteiger partial charge in [-0.3, -0.25) is 8.42 Å². The second-order valence-electron chi connectivity index (χ2n) is 2.08. The van der Waals surface area contributed by atoms with Crippen LogP contribution in [0, 0.1) is 0 Å². The van der Waals surface area contributed by atoms with E-state index in [1.807, 2.05) is 0 Å². The maximum Gasteiger partial charge on any atom is 0.277 e. The Morgan fingerprint density at radius 2 is 0.824 bits per heavy atom. The summed E-state index contributed by atoms with van der Waals surface area (Å²) >= 11 is 0. The molecule has 0 atom stereocenters. The summed E-state index contributed by atoms with van der Waals surface area (Å²) in [6.07, 6.45) is 0. The zero-order chi connectivity index (χ0) is 14.9. The summed E-state index contributed by atoms with van der Waals surface area (Å²) in [5.74, 6) is 0. The van der Waals surface area contributed by atoms with Crippen LogP contribution in [0.4, 0.5) is 0 Å². The monoisotopic (exact) mass is 288 g/mol. The highest BCUT2D eigenvalue weighted by atomic mass is 32.3. The van der Waals surface area contributed by atoms with Crippen LogP contribution in [0.3, 0.4) is 0 Å². The number of nitrogens with zero attached hydrogens (tertiary/aromatic N) is 2. The van der Waals surface area contributed by atoms with Gasteiger partial charge in [0, 0.05) is 10.4 Å². The SMILES string of the molecule is O=S(=O)([O-])[O-].OC[N+](O)(O)O.OC[N+](O)(O)O. The minimum Gasteiger partial charge on any atom is -0.759 e. The van der Waals surface area contributed by atoms with Crippen molar-refractivity contribution < 1.29 is 68.9 Å². The molecule has 17 heavy (non-hydrogen) atoms. The van der Waals surface area contributed by atoms with E-state index in [1.54, 1.807) is 0 Å². The fourth-order valence-corrected chi connectivity index (χ4v) is 0. The summed E-state index contributed by atoms with van der Waals surface area (Å²) in [5, 5.41) is 61.0. The quantitative estimate of drug-likeness (QED) is 0.0810. The van der Waals surface area contributed by atoms with Gasteiger partial charge in [-0.25, -0.2) is 0 Å². The molecule has 0 saturated carbocycles. The summed E-state index contributed by atoms with van der Waals surface area (Å²) in [6.45, 7) is -2.25. The highest BCUT2D eigenvalue weighted by molar-refractivity contribution is 7.79. The normalized spacial score (nSPS) is 11.9. The van der Waals surface area contributed by atoms with Gasteiger partial charge in [-0.1, -0.05) is 0 Å². The Morgan fingerprint density at radius 1 is 0.765 bits per heavy atom. The molecule has 0 aliphatic carbocycles. The van der Waals surface area contributed by atoms with Gasteiger partial charge in [0.1, 0.15) is 9.95 Å². The Bertz CT molecular complexity index is 237. The molecule has 0 spiro atoms. The lowest BCUT2D eigenvalue weighted by atomic mass is 11.3. The molecule has 0 heterocycles. The van der Waals surface area contributed by atoms with Crippen LogP contribution in [0.5, 0.6) is 0 Å². The molecule has 15 heteroatoms. The second-order valence-corrected chi connectivity index (χ2v) is 2.89. The highest BCUT2D eigenvalue weighted by Crippen LogP contribution is 1.79. The number of rotatable bonds is 2. The molecular weight excluding hydrogens is 276 g/mol. The number of hydroxylamine groups is 6. The first-order valence-corrected chi connectivity index (χ1v) is 4.46. The Labute approximate surface area is 93.8 Å². The third-order valence-electron chi connectivity index (χ3n) is 0.379. The molecule has 0 unspecified atom stereocenters. The molecule has 14 nitrogen and oxygen atoms in total. The van der Waals surface area contributed by atoms with E-state index in [1.165, 1.54) is 0 Å². The van der Waals surface area contributed by atoms with Gasteiger partial charge in [0.15, 0.2) is 0 Å². The van der Waals surface area contributed by atoms with Gasteiger partial charge < -0.3 is 19.3 Å². The van der Waals surface area contributed by atoms with Crippen LogP contribution in [-0.2, 0) is 10.4 Å². The summed E-state index contributed by atoms with van der Waals surface area (Å²) in [5.41, 5.74) is 0. The van der Waals surface area contributed by atoms with Crippen LogP contribution >= 0.6 is 0 Å². The minimum absolute atomic E-state index is 1.12. The number of aliphatic hydroxyl groups is 2. The van der Waals surface area contributed by atoms with E-state index in [-0.39, 0.29) is 0 Å². The molecule has 108 valence electrons. The third kappa shape index (κ3) is 93.8. The Morgan fingerprint density at radius 3 is 0.824 bits per heavy atom. The van der Waals surface area contributed by atoms with Gasteiger partial charge in [-0.15, -0.1) is 31.2 Å². The van der Waals surface area contributed by atoms with E-state index in [4.69, 9.17) is 59.0 Å². The summed E-state index contributed by atoms with van der Waals surface area (Å²) in [7, 11) is -5.17. The van der Waals surface area contributed by atoms with E-state index < -0.39 is 33.8 Å². The summed E-state index contributed by atoms with van der Waals surface area (Å²) in [4.78, 5) is -4.75. The van der Waals surface area contributed by atoms with Crippen LogP contribution in [0.1, 0.15) is 0 Å². The van der Waals surface area contributed by atoms with Crippen molar-refractivity contribution in [3.05, 3.63) is 0 Å². The molecule has 0 aromatic heterocycles. The van der Waals surface area contributed by atoms with Crippen molar-refractivity contribution in [1.82, 2.24) is 0 Å². The van der Waals surface area contributed by atoms with Crippen LogP contribution < -0.4 is 0 Å². The average molecular weight is 288 g/mol. The largest absolute Gasteiger partial charge is 0.759 e. The Hall–Kier alpha value is -0.530.